The third-order valence-corrected chi connectivity index (χ3v) is 5.01. The maximum absolute atomic E-state index is 12.6. The van der Waals surface area contributed by atoms with Crippen LogP contribution in [0.5, 0.6) is 0 Å². The van der Waals surface area contributed by atoms with Crippen LogP contribution in [0.15, 0.2) is 29.6 Å². The van der Waals surface area contributed by atoms with Crippen LogP contribution in [0.2, 0.25) is 5.15 Å². The van der Waals surface area contributed by atoms with Gasteiger partial charge in [-0.3, -0.25) is 14.4 Å². The molecular formula is C17H16ClNO5S. The van der Waals surface area contributed by atoms with Crippen LogP contribution in [-0.4, -0.2) is 28.1 Å². The van der Waals surface area contributed by atoms with E-state index in [4.69, 9.17) is 21.1 Å². The van der Waals surface area contributed by atoms with Crippen LogP contribution < -0.4 is 0 Å². The van der Waals surface area contributed by atoms with Crippen molar-refractivity contribution < 1.29 is 23.9 Å². The van der Waals surface area contributed by atoms with Crippen molar-refractivity contribution in [1.82, 2.24) is 4.57 Å². The van der Waals surface area contributed by atoms with E-state index in [9.17, 15) is 14.4 Å². The van der Waals surface area contributed by atoms with E-state index in [0.29, 0.717) is 15.7 Å². The van der Waals surface area contributed by atoms with Crippen molar-refractivity contribution in [3.8, 4) is 0 Å². The molecule has 6 nitrogen and oxygen atoms in total. The number of aromatic nitrogens is 1. The number of ketones is 1. The maximum Gasteiger partial charge on any atom is 0.323 e. The topological polar surface area (TPSA) is 74.6 Å². The Kier molecular flexibility index (Phi) is 4.71. The fourth-order valence-electron chi connectivity index (χ4n) is 2.64. The number of halogens is 1. The number of rotatable bonds is 5. The van der Waals surface area contributed by atoms with E-state index >= 15 is 0 Å². The standard InChI is InChI=1S/C17H16ClNO5S/c1-17(2)23-15(21)10(16(22)24-17)7-8-19-11(5-6-13(19)18)14(20)12-4-3-9-25-12/h3-6,9-10H,7-8H2,1-2H3. The number of thiophene rings is 1. The second kappa shape index (κ2) is 6.65. The molecule has 1 fully saturated rings. The SMILES string of the molecule is CC1(C)OC(=O)C(CCn2c(Cl)ccc2C(=O)c2cccs2)C(=O)O1. The number of ether oxygens (including phenoxy) is 2. The van der Waals surface area contributed by atoms with Crippen LogP contribution >= 0.6 is 22.9 Å². The number of nitrogens with zero attached hydrogens (tertiary/aromatic N) is 1. The lowest BCUT2D eigenvalue weighted by Crippen LogP contribution is -2.46. The summed E-state index contributed by atoms with van der Waals surface area (Å²) < 4.78 is 11.8. The molecule has 0 bridgehead atoms. The molecule has 8 heteroatoms. The second-order valence-corrected chi connectivity index (χ2v) is 7.42. The molecule has 0 radical (unpaired) electrons. The van der Waals surface area contributed by atoms with Gasteiger partial charge in [-0.15, -0.1) is 11.3 Å². The molecule has 2 aromatic rings. The molecule has 2 aromatic heterocycles. The van der Waals surface area contributed by atoms with Crippen LogP contribution in [0.1, 0.15) is 35.6 Å². The number of carbonyl (C=O) groups is 3. The molecule has 0 N–H and O–H groups in total. The lowest BCUT2D eigenvalue weighted by Gasteiger charge is -2.32. The Hall–Kier alpha value is -2.12. The predicted molar refractivity (Wildman–Crippen MR) is 91.6 cm³/mol. The normalized spacial score (nSPS) is 17.2. The van der Waals surface area contributed by atoms with Crippen LogP contribution in [0.25, 0.3) is 0 Å². The van der Waals surface area contributed by atoms with E-state index in [1.165, 1.54) is 25.2 Å². The zero-order valence-electron chi connectivity index (χ0n) is 13.7. The number of hydrogen-bond donors (Lipinski definition) is 0. The first-order valence-electron chi connectivity index (χ1n) is 7.67. The van der Waals surface area contributed by atoms with Crippen molar-refractivity contribution in [2.24, 2.45) is 5.92 Å². The van der Waals surface area contributed by atoms with Crippen LogP contribution in [0, 0.1) is 5.92 Å². The average Bonchev–Trinajstić information content (AvgIpc) is 3.15. The molecule has 0 amide bonds. The Bertz CT molecular complexity index is 804. The number of hydrogen-bond acceptors (Lipinski definition) is 6. The van der Waals surface area contributed by atoms with Gasteiger partial charge in [-0.2, -0.15) is 0 Å². The quantitative estimate of drug-likeness (QED) is 0.451. The van der Waals surface area contributed by atoms with E-state index < -0.39 is 23.6 Å². The Morgan fingerprint density at radius 3 is 2.52 bits per heavy atom. The fourth-order valence-corrected chi connectivity index (χ4v) is 3.55. The summed E-state index contributed by atoms with van der Waals surface area (Å²) in [6.07, 6.45) is 0.132. The molecule has 3 rings (SSSR count). The van der Waals surface area contributed by atoms with Crippen molar-refractivity contribution in [2.45, 2.75) is 32.6 Å². The van der Waals surface area contributed by atoms with Gasteiger partial charge in [0.1, 0.15) is 5.15 Å². The molecule has 0 spiro atoms. The van der Waals surface area contributed by atoms with Gasteiger partial charge < -0.3 is 14.0 Å². The number of carbonyl (C=O) groups excluding carboxylic acids is 3. The van der Waals surface area contributed by atoms with E-state index in [1.54, 1.807) is 28.8 Å². The van der Waals surface area contributed by atoms with Crippen LogP contribution in [0.3, 0.4) is 0 Å². The summed E-state index contributed by atoms with van der Waals surface area (Å²) in [5, 5.41) is 2.18. The second-order valence-electron chi connectivity index (χ2n) is 6.08. The number of cyclic esters (lactones) is 2. The molecule has 0 unspecified atom stereocenters. The zero-order chi connectivity index (χ0) is 18.2. The molecule has 1 aliphatic heterocycles. The third-order valence-electron chi connectivity index (χ3n) is 3.81. The fraction of sp³-hybridized carbons (Fsp3) is 0.353. The van der Waals surface area contributed by atoms with Gasteiger partial charge >= 0.3 is 11.9 Å². The minimum absolute atomic E-state index is 0.132. The monoisotopic (exact) mass is 381 g/mol. The zero-order valence-corrected chi connectivity index (χ0v) is 15.2. The largest absolute Gasteiger partial charge is 0.422 e. The molecule has 0 aromatic carbocycles. The van der Waals surface area contributed by atoms with Gasteiger partial charge in [0.15, 0.2) is 5.92 Å². The summed E-state index contributed by atoms with van der Waals surface area (Å²) in [4.78, 5) is 37.2. The summed E-state index contributed by atoms with van der Waals surface area (Å²) in [5.74, 6) is -3.70. The summed E-state index contributed by atoms with van der Waals surface area (Å²) in [6, 6.07) is 6.77. The minimum Gasteiger partial charge on any atom is -0.422 e. The van der Waals surface area contributed by atoms with Crippen LogP contribution in [0.4, 0.5) is 0 Å². The van der Waals surface area contributed by atoms with Crippen molar-refractivity contribution in [2.75, 3.05) is 0 Å². The number of esters is 2. The Labute approximate surface area is 153 Å². The Morgan fingerprint density at radius 1 is 1.24 bits per heavy atom. The molecule has 132 valence electrons. The predicted octanol–water partition coefficient (Wildman–Crippen LogP) is 3.28. The highest BCUT2D eigenvalue weighted by molar-refractivity contribution is 7.12. The average molecular weight is 382 g/mol. The molecule has 0 atom stereocenters. The van der Waals surface area contributed by atoms with E-state index in [0.717, 1.165) is 0 Å². The molecule has 0 saturated carbocycles. The Balaban J connectivity index is 1.76. The highest BCUT2D eigenvalue weighted by Crippen LogP contribution is 2.27. The van der Waals surface area contributed by atoms with Gasteiger partial charge in [0.2, 0.25) is 5.78 Å². The molecular weight excluding hydrogens is 366 g/mol. The van der Waals surface area contributed by atoms with E-state index in [2.05, 4.69) is 0 Å². The molecule has 0 aliphatic carbocycles. The van der Waals surface area contributed by atoms with Crippen molar-refractivity contribution in [3.05, 3.63) is 45.4 Å². The molecule has 25 heavy (non-hydrogen) atoms. The molecule has 1 saturated heterocycles. The molecule has 1 aliphatic rings. The lowest BCUT2D eigenvalue weighted by atomic mass is 10.0. The first kappa shape index (κ1) is 17.7. The van der Waals surface area contributed by atoms with Gasteiger partial charge in [0.25, 0.3) is 5.79 Å². The highest BCUT2D eigenvalue weighted by atomic mass is 35.5. The molecule has 3 heterocycles. The lowest BCUT2D eigenvalue weighted by molar-refractivity contribution is -0.240. The van der Waals surface area contributed by atoms with E-state index in [1.807, 2.05) is 5.38 Å². The van der Waals surface area contributed by atoms with Gasteiger partial charge in [0, 0.05) is 20.4 Å². The first-order valence-corrected chi connectivity index (χ1v) is 8.93. The summed E-state index contributed by atoms with van der Waals surface area (Å²) in [6.45, 7) is 3.22. The van der Waals surface area contributed by atoms with Crippen molar-refractivity contribution >= 4 is 40.7 Å². The summed E-state index contributed by atoms with van der Waals surface area (Å²) in [7, 11) is 0. The maximum atomic E-state index is 12.6. The van der Waals surface area contributed by atoms with Gasteiger partial charge in [-0.1, -0.05) is 17.7 Å². The van der Waals surface area contributed by atoms with Gasteiger partial charge in [0.05, 0.1) is 10.6 Å². The summed E-state index contributed by atoms with van der Waals surface area (Å²) in [5.41, 5.74) is 0.408. The van der Waals surface area contributed by atoms with Crippen LogP contribution in [-0.2, 0) is 25.6 Å². The Morgan fingerprint density at radius 2 is 1.92 bits per heavy atom. The third kappa shape index (κ3) is 3.62. The first-order chi connectivity index (χ1) is 11.8. The smallest absolute Gasteiger partial charge is 0.323 e. The minimum atomic E-state index is -1.25. The summed E-state index contributed by atoms with van der Waals surface area (Å²) >= 11 is 7.50. The van der Waals surface area contributed by atoms with Crippen molar-refractivity contribution in [3.63, 3.8) is 0 Å². The van der Waals surface area contributed by atoms with E-state index in [-0.39, 0.29) is 18.7 Å². The van der Waals surface area contributed by atoms with Crippen molar-refractivity contribution in [1.29, 1.82) is 0 Å². The van der Waals surface area contributed by atoms with Gasteiger partial charge in [-0.05, 0) is 30.0 Å². The van der Waals surface area contributed by atoms with Gasteiger partial charge in [-0.25, -0.2) is 0 Å². The highest BCUT2D eigenvalue weighted by Gasteiger charge is 2.42.